The van der Waals surface area contributed by atoms with Crippen LogP contribution < -0.4 is 5.32 Å². The first-order valence-corrected chi connectivity index (χ1v) is 7.57. The van der Waals surface area contributed by atoms with Crippen LogP contribution >= 0.6 is 0 Å². The van der Waals surface area contributed by atoms with Crippen LogP contribution in [0.5, 0.6) is 5.75 Å². The number of aromatic hydroxyl groups is 1. The smallest absolute Gasteiger partial charge is 0.302 e. The molecule has 0 aliphatic carbocycles. The summed E-state index contributed by atoms with van der Waals surface area (Å²) >= 11 is 0. The van der Waals surface area contributed by atoms with E-state index in [-0.39, 0.29) is 24.2 Å². The van der Waals surface area contributed by atoms with E-state index in [1.165, 1.54) is 13.8 Å². The lowest BCUT2D eigenvalue weighted by Gasteiger charge is -2.34. The van der Waals surface area contributed by atoms with E-state index in [4.69, 9.17) is 4.74 Å². The van der Waals surface area contributed by atoms with E-state index in [9.17, 15) is 14.7 Å². The molecule has 5 heteroatoms. The molecule has 0 bridgehead atoms. The SMILES string of the molecule is CCCC(CCc1ccccc1O)(COC(C)=O)NC(C)=O. The van der Waals surface area contributed by atoms with Crippen LogP contribution in [0.1, 0.15) is 45.6 Å². The van der Waals surface area contributed by atoms with E-state index in [0.29, 0.717) is 19.3 Å². The second kappa shape index (κ2) is 8.41. The normalized spacial score (nSPS) is 13.2. The third-order valence-corrected chi connectivity index (χ3v) is 3.59. The first-order chi connectivity index (χ1) is 10.4. The number of amides is 1. The third-order valence-electron chi connectivity index (χ3n) is 3.59. The Balaban J connectivity index is 2.88. The molecule has 0 heterocycles. The van der Waals surface area contributed by atoms with Crippen LogP contribution in [0.2, 0.25) is 0 Å². The Bertz CT molecular complexity index is 515. The summed E-state index contributed by atoms with van der Waals surface area (Å²) in [5, 5.41) is 12.8. The number of hydrogen-bond acceptors (Lipinski definition) is 4. The van der Waals surface area contributed by atoms with Crippen molar-refractivity contribution in [3.05, 3.63) is 29.8 Å². The van der Waals surface area contributed by atoms with Crippen molar-refractivity contribution in [3.63, 3.8) is 0 Å². The summed E-state index contributed by atoms with van der Waals surface area (Å²) in [4.78, 5) is 22.7. The highest BCUT2D eigenvalue weighted by Gasteiger charge is 2.31. The second-order valence-electron chi connectivity index (χ2n) is 5.62. The zero-order valence-electron chi connectivity index (χ0n) is 13.5. The average Bonchev–Trinajstić information content (AvgIpc) is 2.44. The number of benzene rings is 1. The van der Waals surface area contributed by atoms with Gasteiger partial charge in [0.1, 0.15) is 12.4 Å². The Morgan fingerprint density at radius 3 is 2.45 bits per heavy atom. The number of ether oxygens (including phenoxy) is 1. The lowest BCUT2D eigenvalue weighted by Crippen LogP contribution is -2.51. The highest BCUT2D eigenvalue weighted by molar-refractivity contribution is 5.74. The molecule has 0 fully saturated rings. The van der Waals surface area contributed by atoms with Gasteiger partial charge in [-0.2, -0.15) is 0 Å². The Morgan fingerprint density at radius 2 is 1.91 bits per heavy atom. The molecule has 0 saturated heterocycles. The van der Waals surface area contributed by atoms with Gasteiger partial charge in [0.15, 0.2) is 0 Å². The fourth-order valence-corrected chi connectivity index (χ4v) is 2.62. The van der Waals surface area contributed by atoms with E-state index >= 15 is 0 Å². The van der Waals surface area contributed by atoms with Gasteiger partial charge in [-0.05, 0) is 30.9 Å². The van der Waals surface area contributed by atoms with Crippen LogP contribution in [0.4, 0.5) is 0 Å². The zero-order chi connectivity index (χ0) is 16.6. The summed E-state index contributed by atoms with van der Waals surface area (Å²) in [5.41, 5.74) is 0.213. The lowest BCUT2D eigenvalue weighted by atomic mass is 9.87. The molecule has 1 rings (SSSR count). The van der Waals surface area contributed by atoms with Gasteiger partial charge in [0.2, 0.25) is 5.91 Å². The quantitative estimate of drug-likeness (QED) is 0.724. The van der Waals surface area contributed by atoms with Gasteiger partial charge in [-0.3, -0.25) is 9.59 Å². The van der Waals surface area contributed by atoms with Crippen molar-refractivity contribution in [2.75, 3.05) is 6.61 Å². The molecule has 1 aromatic rings. The van der Waals surface area contributed by atoms with Gasteiger partial charge in [0.25, 0.3) is 0 Å². The minimum absolute atomic E-state index is 0.142. The van der Waals surface area contributed by atoms with Crippen LogP contribution in [0.25, 0.3) is 0 Å². The molecule has 0 aliphatic heterocycles. The molecule has 22 heavy (non-hydrogen) atoms. The summed E-state index contributed by atoms with van der Waals surface area (Å²) in [6.45, 7) is 4.97. The van der Waals surface area contributed by atoms with Gasteiger partial charge >= 0.3 is 5.97 Å². The number of carbonyl (C=O) groups excluding carboxylic acids is 2. The topological polar surface area (TPSA) is 75.6 Å². The molecule has 1 aromatic carbocycles. The summed E-state index contributed by atoms with van der Waals surface area (Å²) in [7, 11) is 0. The molecular weight excluding hydrogens is 282 g/mol. The van der Waals surface area contributed by atoms with Gasteiger partial charge in [0.05, 0.1) is 5.54 Å². The highest BCUT2D eigenvalue weighted by atomic mass is 16.5. The predicted octanol–water partition coefficient (Wildman–Crippen LogP) is 2.56. The minimum atomic E-state index is -0.603. The summed E-state index contributed by atoms with van der Waals surface area (Å²) in [6.07, 6.45) is 2.73. The maximum atomic E-state index is 11.6. The number of aryl methyl sites for hydroxylation is 1. The van der Waals surface area contributed by atoms with Crippen LogP contribution in [0.15, 0.2) is 24.3 Å². The molecular formula is C17H25NO4. The van der Waals surface area contributed by atoms with E-state index in [1.807, 2.05) is 19.1 Å². The molecule has 5 nitrogen and oxygen atoms in total. The number of esters is 1. The summed E-state index contributed by atoms with van der Waals surface area (Å²) in [5.74, 6) is -0.283. The number of phenolic OH excluding ortho intramolecular Hbond substituents is 1. The lowest BCUT2D eigenvalue weighted by molar-refractivity contribution is -0.144. The van der Waals surface area contributed by atoms with E-state index in [1.54, 1.807) is 12.1 Å². The largest absolute Gasteiger partial charge is 0.508 e. The monoisotopic (exact) mass is 307 g/mol. The zero-order valence-corrected chi connectivity index (χ0v) is 13.5. The van der Waals surface area contributed by atoms with Crippen molar-refractivity contribution in [1.82, 2.24) is 5.32 Å². The molecule has 1 atom stereocenters. The highest BCUT2D eigenvalue weighted by Crippen LogP contribution is 2.25. The van der Waals surface area contributed by atoms with Gasteiger partial charge in [0, 0.05) is 13.8 Å². The molecule has 2 N–H and O–H groups in total. The maximum absolute atomic E-state index is 11.6. The second-order valence-corrected chi connectivity index (χ2v) is 5.62. The van der Waals surface area contributed by atoms with E-state index in [2.05, 4.69) is 5.32 Å². The van der Waals surface area contributed by atoms with Crippen LogP contribution in [0, 0.1) is 0 Å². The van der Waals surface area contributed by atoms with E-state index in [0.717, 1.165) is 12.0 Å². The number of nitrogens with one attached hydrogen (secondary N) is 1. The molecule has 122 valence electrons. The molecule has 0 radical (unpaired) electrons. The molecule has 1 amide bonds. The van der Waals surface area contributed by atoms with Gasteiger partial charge in [-0.15, -0.1) is 0 Å². The fourth-order valence-electron chi connectivity index (χ4n) is 2.62. The molecule has 0 aromatic heterocycles. The Labute approximate surface area is 131 Å². The third kappa shape index (κ3) is 5.76. The fraction of sp³-hybridized carbons (Fsp3) is 0.529. The first kappa shape index (κ1) is 18.0. The number of hydrogen-bond donors (Lipinski definition) is 2. The van der Waals surface area contributed by atoms with Crippen LogP contribution in [-0.2, 0) is 20.7 Å². The van der Waals surface area contributed by atoms with Gasteiger partial charge in [-0.25, -0.2) is 0 Å². The summed E-state index contributed by atoms with van der Waals surface area (Å²) < 4.78 is 5.16. The van der Waals surface area contributed by atoms with Crippen molar-refractivity contribution in [2.45, 2.75) is 52.0 Å². The van der Waals surface area contributed by atoms with Crippen molar-refractivity contribution in [2.24, 2.45) is 0 Å². The first-order valence-electron chi connectivity index (χ1n) is 7.57. The van der Waals surface area contributed by atoms with Crippen LogP contribution in [0.3, 0.4) is 0 Å². The maximum Gasteiger partial charge on any atom is 0.302 e. The van der Waals surface area contributed by atoms with Crippen molar-refractivity contribution >= 4 is 11.9 Å². The summed E-state index contributed by atoms with van der Waals surface area (Å²) in [6, 6.07) is 7.12. The standard InChI is InChI=1S/C17H25NO4/c1-4-10-17(18-13(2)19,12-22-14(3)20)11-9-15-7-5-6-8-16(15)21/h5-8,21H,4,9-12H2,1-3H3,(H,18,19). The Hall–Kier alpha value is -2.04. The Morgan fingerprint density at radius 1 is 1.23 bits per heavy atom. The van der Waals surface area contributed by atoms with E-state index < -0.39 is 5.54 Å². The van der Waals surface area contributed by atoms with Crippen molar-refractivity contribution in [3.8, 4) is 5.75 Å². The average molecular weight is 307 g/mol. The number of carbonyl (C=O) groups is 2. The molecule has 0 aliphatic rings. The van der Waals surface area contributed by atoms with Crippen LogP contribution in [-0.4, -0.2) is 29.1 Å². The number of rotatable bonds is 8. The molecule has 0 spiro atoms. The van der Waals surface area contributed by atoms with Gasteiger partial charge in [-0.1, -0.05) is 31.5 Å². The molecule has 1 unspecified atom stereocenters. The predicted molar refractivity (Wildman–Crippen MR) is 84.5 cm³/mol. The van der Waals surface area contributed by atoms with Gasteiger partial charge < -0.3 is 15.2 Å². The van der Waals surface area contributed by atoms with Crippen molar-refractivity contribution < 1.29 is 19.4 Å². The number of phenols is 1. The number of para-hydroxylation sites is 1. The minimum Gasteiger partial charge on any atom is -0.508 e. The Kier molecular flexibility index (Phi) is 6.89. The molecule has 0 saturated carbocycles. The van der Waals surface area contributed by atoms with Crippen molar-refractivity contribution in [1.29, 1.82) is 0 Å².